The molecule has 1 saturated heterocycles. The van der Waals surface area contributed by atoms with E-state index in [-0.39, 0.29) is 5.91 Å². The van der Waals surface area contributed by atoms with Crippen LogP contribution in [0.15, 0.2) is 94.8 Å². The predicted molar refractivity (Wildman–Crippen MR) is 192 cm³/mol. The van der Waals surface area contributed by atoms with Crippen LogP contribution in [0.1, 0.15) is 59.4 Å². The summed E-state index contributed by atoms with van der Waals surface area (Å²) >= 11 is 3.61. The van der Waals surface area contributed by atoms with Gasteiger partial charge in [0.25, 0.3) is 5.91 Å². The number of carbonyl (C=O) groups is 1. The maximum atomic E-state index is 13.1. The fraction of sp³-hybridized carbons (Fsp3) is 0.243. The molecule has 1 N–H and O–H groups in total. The second-order valence-corrected chi connectivity index (χ2v) is 13.6. The average Bonchev–Trinajstić information content (AvgIpc) is 3.40. The summed E-state index contributed by atoms with van der Waals surface area (Å²) in [7, 11) is 1.63. The van der Waals surface area contributed by atoms with Crippen molar-refractivity contribution in [1.29, 1.82) is 0 Å². The van der Waals surface area contributed by atoms with Crippen molar-refractivity contribution in [3.05, 3.63) is 121 Å². The minimum absolute atomic E-state index is 0.156. The smallest absolute Gasteiger partial charge is 0.264 e. The highest BCUT2D eigenvalue weighted by Gasteiger charge is 2.35. The lowest BCUT2D eigenvalue weighted by atomic mass is 9.76. The van der Waals surface area contributed by atoms with Crippen LogP contribution in [0.3, 0.4) is 0 Å². The maximum absolute atomic E-state index is 13.1. The summed E-state index contributed by atoms with van der Waals surface area (Å²) < 4.78 is 12.3. The Hall–Kier alpha value is -3.76. The Balaban J connectivity index is 1.28. The van der Waals surface area contributed by atoms with Gasteiger partial charge >= 0.3 is 0 Å². The number of amides is 1. The maximum Gasteiger partial charge on any atom is 0.264 e. The van der Waals surface area contributed by atoms with Crippen LogP contribution in [0.4, 0.5) is 11.4 Å². The van der Waals surface area contributed by atoms with Gasteiger partial charge in [0.1, 0.15) is 0 Å². The van der Waals surface area contributed by atoms with E-state index < -0.39 is 0 Å². The Labute approximate surface area is 282 Å². The normalized spacial score (nSPS) is 20.7. The molecule has 1 amide bonds. The van der Waals surface area contributed by atoms with Crippen molar-refractivity contribution in [1.82, 2.24) is 5.32 Å². The lowest BCUT2D eigenvalue weighted by molar-refractivity contribution is -0.115. The summed E-state index contributed by atoms with van der Waals surface area (Å²) in [5, 5.41) is 3.60. The van der Waals surface area contributed by atoms with Crippen LogP contribution < -0.4 is 19.7 Å². The fourth-order valence-corrected chi connectivity index (χ4v) is 8.38. The van der Waals surface area contributed by atoms with E-state index in [1.54, 1.807) is 7.11 Å². The zero-order valence-electron chi connectivity index (χ0n) is 25.3. The largest absolute Gasteiger partial charge is 0.493 e. The van der Waals surface area contributed by atoms with Crippen LogP contribution in [0, 0.1) is 3.57 Å². The number of thioether (sulfide) groups is 1. The van der Waals surface area contributed by atoms with Crippen molar-refractivity contribution in [3.63, 3.8) is 0 Å². The molecule has 228 valence electrons. The summed E-state index contributed by atoms with van der Waals surface area (Å²) in [5.41, 5.74) is 8.42. The number of nitrogens with zero attached hydrogens (tertiary/aromatic N) is 2. The van der Waals surface area contributed by atoms with E-state index in [9.17, 15) is 4.79 Å². The van der Waals surface area contributed by atoms with Gasteiger partial charge in [0, 0.05) is 30.6 Å². The Morgan fingerprint density at radius 3 is 2.16 bits per heavy atom. The molecule has 0 aromatic heterocycles. The summed E-state index contributed by atoms with van der Waals surface area (Å²) in [4.78, 5) is 21.3. The third-order valence-corrected chi connectivity index (χ3v) is 10.4. The van der Waals surface area contributed by atoms with Gasteiger partial charge in [-0.15, -0.1) is 0 Å². The monoisotopic (exact) mass is 727 g/mol. The number of ether oxygens (including phenoxy) is 2. The first-order valence-electron chi connectivity index (χ1n) is 15.3. The molecule has 3 aliphatic rings. The molecule has 0 aliphatic carbocycles. The van der Waals surface area contributed by atoms with Gasteiger partial charge in [0.2, 0.25) is 0 Å². The lowest BCUT2D eigenvalue weighted by Gasteiger charge is -2.43. The molecule has 0 unspecified atom stereocenters. The van der Waals surface area contributed by atoms with Crippen LogP contribution in [-0.4, -0.2) is 37.9 Å². The quantitative estimate of drug-likeness (QED) is 0.153. The molecule has 4 aromatic carbocycles. The second-order valence-electron chi connectivity index (χ2n) is 11.4. The molecular weight excluding hydrogens is 693 g/mol. The zero-order chi connectivity index (χ0) is 30.9. The third-order valence-electron chi connectivity index (χ3n) is 8.72. The molecule has 0 saturated carbocycles. The molecule has 0 radical (unpaired) electrons. The SMILES string of the molecule is CCOc1c(I)cc(/C=C2\SC(=Nc3cc4c5c(c3)[C@@H](c3ccccc3)CCN5CC[C@@H]4c3ccccc3)NC2=O)cc1OC. The molecule has 8 heteroatoms. The first kappa shape index (κ1) is 29.9. The minimum atomic E-state index is -0.156. The van der Waals surface area contributed by atoms with Crippen molar-refractivity contribution in [2.75, 3.05) is 31.7 Å². The van der Waals surface area contributed by atoms with E-state index in [1.807, 2.05) is 25.1 Å². The zero-order valence-corrected chi connectivity index (χ0v) is 28.2. The molecule has 1 fully saturated rings. The van der Waals surface area contributed by atoms with Crippen LogP contribution in [0.5, 0.6) is 11.5 Å². The number of hydrogen-bond donors (Lipinski definition) is 1. The Kier molecular flexibility index (Phi) is 8.59. The molecule has 7 rings (SSSR count). The second kappa shape index (κ2) is 12.9. The number of anilines is 1. The third kappa shape index (κ3) is 5.97. The van der Waals surface area contributed by atoms with Crippen molar-refractivity contribution in [2.45, 2.75) is 31.6 Å². The highest BCUT2D eigenvalue weighted by molar-refractivity contribution is 14.1. The molecule has 3 heterocycles. The van der Waals surface area contributed by atoms with Crippen molar-refractivity contribution < 1.29 is 14.3 Å². The highest BCUT2D eigenvalue weighted by atomic mass is 127. The van der Waals surface area contributed by atoms with E-state index in [1.165, 1.54) is 39.7 Å². The van der Waals surface area contributed by atoms with Gasteiger partial charge in [-0.1, -0.05) is 60.7 Å². The Morgan fingerprint density at radius 2 is 1.58 bits per heavy atom. The van der Waals surface area contributed by atoms with Gasteiger partial charge in [-0.05, 0) is 112 Å². The Bertz CT molecular complexity index is 1740. The van der Waals surface area contributed by atoms with Crippen LogP contribution >= 0.6 is 34.4 Å². The minimum Gasteiger partial charge on any atom is -0.493 e. The summed E-state index contributed by atoms with van der Waals surface area (Å²) in [6.07, 6.45) is 4.01. The van der Waals surface area contributed by atoms with Crippen LogP contribution in [-0.2, 0) is 4.79 Å². The number of methoxy groups -OCH3 is 1. The van der Waals surface area contributed by atoms with Gasteiger partial charge in [-0.3, -0.25) is 4.79 Å². The number of aliphatic imine (C=N–C) groups is 1. The van der Waals surface area contributed by atoms with E-state index in [0.29, 0.717) is 40.0 Å². The summed E-state index contributed by atoms with van der Waals surface area (Å²) in [6.45, 7) is 4.59. The van der Waals surface area contributed by atoms with Crippen LogP contribution in [0.25, 0.3) is 6.08 Å². The van der Waals surface area contributed by atoms with Gasteiger partial charge in [0.05, 0.1) is 27.9 Å². The predicted octanol–water partition coefficient (Wildman–Crippen LogP) is 8.47. The van der Waals surface area contributed by atoms with Crippen molar-refractivity contribution >= 4 is 62.9 Å². The van der Waals surface area contributed by atoms with E-state index >= 15 is 0 Å². The van der Waals surface area contributed by atoms with Crippen molar-refractivity contribution in [2.24, 2.45) is 4.99 Å². The van der Waals surface area contributed by atoms with E-state index in [2.05, 4.69) is 106 Å². The molecule has 2 atom stereocenters. The summed E-state index contributed by atoms with van der Waals surface area (Å²) in [6, 6.07) is 30.0. The topological polar surface area (TPSA) is 63.2 Å². The standard InChI is InChI=1S/C37H34IN3O3S/c1-3-44-35-31(38)18-23(19-32(35)43-2)20-33-36(42)40-37(45-33)39-26-21-29-27(24-10-6-4-7-11-24)14-16-41-17-15-28(30(22-26)34(29)41)25-12-8-5-9-13-25/h4-13,18-22,27-28H,3,14-17H2,1-2H3,(H,39,40,42)/b33-20-/t27-,28-/m1/s1. The molecule has 0 bridgehead atoms. The first-order chi connectivity index (χ1) is 22.0. The molecule has 4 aromatic rings. The average molecular weight is 728 g/mol. The number of hydrogen-bond acceptors (Lipinski definition) is 6. The first-order valence-corrected chi connectivity index (χ1v) is 17.2. The molecular formula is C37H34IN3O3S. The number of halogens is 1. The highest BCUT2D eigenvalue weighted by Crippen LogP contribution is 2.50. The van der Waals surface area contributed by atoms with Crippen molar-refractivity contribution in [3.8, 4) is 11.5 Å². The lowest BCUT2D eigenvalue weighted by Crippen LogP contribution is -2.37. The molecule has 3 aliphatic heterocycles. The summed E-state index contributed by atoms with van der Waals surface area (Å²) in [5.74, 6) is 1.79. The number of amidine groups is 1. The van der Waals surface area contributed by atoms with E-state index in [0.717, 1.165) is 40.8 Å². The Morgan fingerprint density at radius 1 is 0.956 bits per heavy atom. The van der Waals surface area contributed by atoms with Gasteiger partial charge in [-0.2, -0.15) is 0 Å². The fourth-order valence-electron chi connectivity index (χ4n) is 6.76. The van der Waals surface area contributed by atoms with Gasteiger partial charge in [-0.25, -0.2) is 4.99 Å². The van der Waals surface area contributed by atoms with Gasteiger partial charge < -0.3 is 19.7 Å². The molecule has 6 nitrogen and oxygen atoms in total. The molecule has 45 heavy (non-hydrogen) atoms. The molecule has 0 spiro atoms. The number of benzene rings is 4. The van der Waals surface area contributed by atoms with Crippen LogP contribution in [0.2, 0.25) is 0 Å². The number of carbonyl (C=O) groups excluding carboxylic acids is 1. The number of nitrogens with one attached hydrogen (secondary N) is 1. The van der Waals surface area contributed by atoms with E-state index in [4.69, 9.17) is 14.5 Å². The number of rotatable bonds is 7. The van der Waals surface area contributed by atoms with Gasteiger partial charge in [0.15, 0.2) is 16.7 Å².